The summed E-state index contributed by atoms with van der Waals surface area (Å²) >= 11 is 0. The van der Waals surface area contributed by atoms with Gasteiger partial charge >= 0.3 is 0 Å². The molecular weight excluding hydrogens is 402 g/mol. The van der Waals surface area contributed by atoms with E-state index >= 15 is 0 Å². The van der Waals surface area contributed by atoms with Crippen molar-refractivity contribution in [2.75, 3.05) is 31.1 Å². The molecule has 0 aromatic heterocycles. The first-order chi connectivity index (χ1) is 15.7. The van der Waals surface area contributed by atoms with Crippen molar-refractivity contribution < 1.29 is 4.79 Å². The van der Waals surface area contributed by atoms with E-state index < -0.39 is 0 Å². The molecule has 0 N–H and O–H groups in total. The molecule has 3 aliphatic heterocycles. The number of benzene rings is 2. The standard InChI is InChI=1S/C25H25N5O2/c1-2-27-17-21(23-22(18-27)25(32)30(26-23)20-11-7-4-8-12-20)24(31)29-15-13-28(14-16-29)19-9-5-3-6-10-19/h3-12,17-18H,2,13-16H2,1H3. The normalized spacial score (nSPS) is 14.2. The number of carbonyl (C=O) groups is 1. The van der Waals surface area contributed by atoms with E-state index in [9.17, 15) is 9.59 Å². The van der Waals surface area contributed by atoms with Crippen LogP contribution in [0.5, 0.6) is 0 Å². The summed E-state index contributed by atoms with van der Waals surface area (Å²) in [6.07, 6.45) is 3.60. The third-order valence-electron chi connectivity index (χ3n) is 6.01. The zero-order chi connectivity index (χ0) is 22.1. The summed E-state index contributed by atoms with van der Waals surface area (Å²) in [6, 6.07) is 19.6. The van der Waals surface area contributed by atoms with Gasteiger partial charge in [0, 0.05) is 50.8 Å². The molecule has 162 valence electrons. The Bertz CT molecular complexity index is 1250. The van der Waals surface area contributed by atoms with Gasteiger partial charge in [-0.1, -0.05) is 36.4 Å². The molecule has 0 saturated carbocycles. The first kappa shape index (κ1) is 20.1. The van der Waals surface area contributed by atoms with E-state index in [1.807, 2.05) is 71.1 Å². The molecule has 0 aliphatic carbocycles. The molecule has 0 unspecified atom stereocenters. The van der Waals surface area contributed by atoms with E-state index in [-0.39, 0.29) is 11.5 Å². The van der Waals surface area contributed by atoms with Gasteiger partial charge in [-0.3, -0.25) is 9.59 Å². The molecule has 7 nitrogen and oxygen atoms in total. The van der Waals surface area contributed by atoms with Gasteiger partial charge in [0.25, 0.3) is 11.5 Å². The fraction of sp³-hybridized carbons (Fsp3) is 0.240. The maximum atomic E-state index is 13.5. The summed E-state index contributed by atoms with van der Waals surface area (Å²) in [6.45, 7) is 5.44. The first-order valence-electron chi connectivity index (χ1n) is 10.9. The highest BCUT2D eigenvalue weighted by molar-refractivity contribution is 6.00. The Balaban J connectivity index is 1.47. The molecule has 0 spiro atoms. The van der Waals surface area contributed by atoms with Crippen LogP contribution in [0.3, 0.4) is 0 Å². The topological polar surface area (TPSA) is 63.4 Å². The fourth-order valence-electron chi connectivity index (χ4n) is 4.22. The van der Waals surface area contributed by atoms with Crippen LogP contribution in [0, 0.1) is 0 Å². The lowest BCUT2D eigenvalue weighted by Crippen LogP contribution is -2.49. The molecule has 5 rings (SSSR count). The predicted octanol–water partition coefficient (Wildman–Crippen LogP) is 3.12. The van der Waals surface area contributed by atoms with Crippen LogP contribution in [-0.2, 0) is 6.54 Å². The number of amides is 1. The van der Waals surface area contributed by atoms with Gasteiger partial charge < -0.3 is 14.4 Å². The van der Waals surface area contributed by atoms with E-state index in [0.717, 1.165) is 13.1 Å². The molecule has 1 amide bonds. The largest absolute Gasteiger partial charge is 0.368 e. The number of nitrogens with zero attached hydrogens (tertiary/aromatic N) is 5. The second-order valence-electron chi connectivity index (χ2n) is 7.93. The van der Waals surface area contributed by atoms with Crippen molar-refractivity contribution >= 4 is 11.6 Å². The molecular formula is C25H25N5O2. The maximum Gasteiger partial charge on any atom is 0.282 e. The van der Waals surface area contributed by atoms with Crippen molar-refractivity contribution in [3.8, 4) is 16.9 Å². The Kier molecular flexibility index (Phi) is 5.23. The molecule has 0 radical (unpaired) electrons. The first-order valence-corrected chi connectivity index (χ1v) is 10.9. The van der Waals surface area contributed by atoms with Crippen molar-refractivity contribution in [2.45, 2.75) is 13.5 Å². The smallest absolute Gasteiger partial charge is 0.282 e. The quantitative estimate of drug-likeness (QED) is 0.502. The third-order valence-corrected chi connectivity index (χ3v) is 6.01. The number of piperazine rings is 1. The van der Waals surface area contributed by atoms with E-state index in [2.05, 4.69) is 22.1 Å². The fourth-order valence-corrected chi connectivity index (χ4v) is 4.22. The van der Waals surface area contributed by atoms with Gasteiger partial charge in [0.05, 0.1) is 16.8 Å². The van der Waals surface area contributed by atoms with Gasteiger partial charge in [0.1, 0.15) is 5.69 Å². The highest BCUT2D eigenvalue weighted by Gasteiger charge is 2.29. The number of pyridine rings is 1. The third kappa shape index (κ3) is 3.56. The van der Waals surface area contributed by atoms with Crippen LogP contribution in [0.25, 0.3) is 16.9 Å². The Morgan fingerprint density at radius 1 is 0.875 bits per heavy atom. The predicted molar refractivity (Wildman–Crippen MR) is 125 cm³/mol. The minimum absolute atomic E-state index is 0.0803. The SMILES string of the molecule is CCn1cc(C(=O)N2CCN(c3ccccc3)CC2)c2nn(-c3ccccc3)c(=O)c-2c1. The van der Waals surface area contributed by atoms with Crippen molar-refractivity contribution in [2.24, 2.45) is 0 Å². The van der Waals surface area contributed by atoms with Crippen molar-refractivity contribution in [3.63, 3.8) is 0 Å². The molecule has 2 aromatic rings. The molecule has 2 aromatic carbocycles. The van der Waals surface area contributed by atoms with Gasteiger partial charge in [-0.15, -0.1) is 0 Å². The summed E-state index contributed by atoms with van der Waals surface area (Å²) < 4.78 is 3.27. The van der Waals surface area contributed by atoms with Crippen LogP contribution in [0.1, 0.15) is 17.3 Å². The zero-order valence-electron chi connectivity index (χ0n) is 18.0. The van der Waals surface area contributed by atoms with Gasteiger partial charge in [-0.2, -0.15) is 9.78 Å². The Morgan fingerprint density at radius 3 is 2.12 bits per heavy atom. The van der Waals surface area contributed by atoms with E-state index in [1.54, 1.807) is 6.20 Å². The van der Waals surface area contributed by atoms with Crippen LogP contribution in [0.15, 0.2) is 77.9 Å². The molecule has 7 heteroatoms. The van der Waals surface area contributed by atoms with Crippen LogP contribution in [0.2, 0.25) is 0 Å². The van der Waals surface area contributed by atoms with Gasteiger partial charge in [-0.25, -0.2) is 0 Å². The van der Waals surface area contributed by atoms with Crippen LogP contribution >= 0.6 is 0 Å². The van der Waals surface area contributed by atoms with E-state index in [1.165, 1.54) is 10.4 Å². The molecule has 3 aliphatic rings. The van der Waals surface area contributed by atoms with Gasteiger partial charge in [0.2, 0.25) is 0 Å². The van der Waals surface area contributed by atoms with Crippen molar-refractivity contribution in [3.05, 3.63) is 89.0 Å². The number of rotatable bonds is 4. The van der Waals surface area contributed by atoms with Crippen LogP contribution in [-0.4, -0.2) is 51.3 Å². The number of para-hydroxylation sites is 2. The second kappa shape index (κ2) is 8.34. The molecule has 32 heavy (non-hydrogen) atoms. The number of hydrogen-bond acceptors (Lipinski definition) is 4. The Morgan fingerprint density at radius 2 is 1.50 bits per heavy atom. The minimum Gasteiger partial charge on any atom is -0.368 e. The van der Waals surface area contributed by atoms with Crippen LogP contribution in [0.4, 0.5) is 5.69 Å². The zero-order valence-corrected chi connectivity index (χ0v) is 18.0. The Labute approximate surface area is 186 Å². The lowest BCUT2D eigenvalue weighted by Gasteiger charge is -2.36. The molecule has 0 atom stereocenters. The average Bonchev–Trinajstić information content (AvgIpc) is 3.20. The Hall–Kier alpha value is -3.87. The average molecular weight is 428 g/mol. The van der Waals surface area contributed by atoms with Gasteiger partial charge in [0.15, 0.2) is 0 Å². The van der Waals surface area contributed by atoms with Crippen LogP contribution < -0.4 is 10.5 Å². The lowest BCUT2D eigenvalue weighted by atomic mass is 10.1. The van der Waals surface area contributed by atoms with E-state index in [0.29, 0.717) is 42.1 Å². The second-order valence-corrected chi connectivity index (χ2v) is 7.93. The summed E-state index contributed by atoms with van der Waals surface area (Å²) in [5, 5.41) is 4.57. The minimum atomic E-state index is -0.211. The van der Waals surface area contributed by atoms with Gasteiger partial charge in [-0.05, 0) is 31.2 Å². The van der Waals surface area contributed by atoms with Crippen molar-refractivity contribution in [1.82, 2.24) is 19.2 Å². The summed E-state index contributed by atoms with van der Waals surface area (Å²) in [5.41, 5.74) is 3.04. The monoisotopic (exact) mass is 427 g/mol. The lowest BCUT2D eigenvalue weighted by molar-refractivity contribution is 0.0746. The molecule has 1 fully saturated rings. The highest BCUT2D eigenvalue weighted by atomic mass is 16.2. The summed E-state index contributed by atoms with van der Waals surface area (Å²) in [4.78, 5) is 30.8. The number of aryl methyl sites for hydroxylation is 1. The number of fused-ring (bicyclic) bond motifs is 1. The van der Waals surface area contributed by atoms with E-state index in [4.69, 9.17) is 0 Å². The number of anilines is 1. The molecule has 3 heterocycles. The number of hydrogen-bond donors (Lipinski definition) is 0. The molecule has 1 saturated heterocycles. The summed E-state index contributed by atoms with van der Waals surface area (Å²) in [7, 11) is 0. The number of aromatic nitrogens is 3. The molecule has 0 bridgehead atoms. The highest BCUT2D eigenvalue weighted by Crippen LogP contribution is 2.25. The number of carbonyl (C=O) groups excluding carboxylic acids is 1. The van der Waals surface area contributed by atoms with Crippen molar-refractivity contribution in [1.29, 1.82) is 0 Å². The summed E-state index contributed by atoms with van der Waals surface area (Å²) in [5.74, 6) is -0.0803. The maximum absolute atomic E-state index is 13.5.